The molecular formula is C14H20N2O3. The van der Waals surface area contributed by atoms with Gasteiger partial charge in [0, 0.05) is 37.6 Å². The minimum Gasteiger partial charge on any atom is -0.385 e. The van der Waals surface area contributed by atoms with Gasteiger partial charge in [-0.25, -0.2) is 0 Å². The number of benzene rings is 1. The van der Waals surface area contributed by atoms with Gasteiger partial charge < -0.3 is 10.1 Å². The molecule has 0 heterocycles. The van der Waals surface area contributed by atoms with Crippen molar-refractivity contribution in [2.24, 2.45) is 5.92 Å². The van der Waals surface area contributed by atoms with E-state index in [2.05, 4.69) is 5.32 Å². The predicted octanol–water partition coefficient (Wildman–Crippen LogP) is 3.13. The molecule has 0 atom stereocenters. The number of nitro benzene ring substituents is 1. The zero-order valence-corrected chi connectivity index (χ0v) is 11.2. The van der Waals surface area contributed by atoms with Crippen LogP contribution in [0.4, 0.5) is 11.4 Å². The standard InChI is InChI=1S/C14H20N2O3/c1-11-7-13(9-14(8-11)16(17)18)15-5-2-6-19-10-12-3-4-12/h7-9,12,15H,2-6,10H2,1H3. The summed E-state index contributed by atoms with van der Waals surface area (Å²) in [6.45, 7) is 4.26. The highest BCUT2D eigenvalue weighted by molar-refractivity contribution is 5.53. The second kappa shape index (κ2) is 6.52. The second-order valence-corrected chi connectivity index (χ2v) is 5.11. The normalized spacial score (nSPS) is 14.4. The molecule has 0 spiro atoms. The van der Waals surface area contributed by atoms with Crippen LogP contribution in [0.2, 0.25) is 0 Å². The highest BCUT2D eigenvalue weighted by atomic mass is 16.6. The van der Waals surface area contributed by atoms with E-state index in [-0.39, 0.29) is 10.6 Å². The van der Waals surface area contributed by atoms with E-state index in [0.29, 0.717) is 0 Å². The number of aryl methyl sites for hydroxylation is 1. The van der Waals surface area contributed by atoms with Crippen LogP contribution < -0.4 is 5.32 Å². The van der Waals surface area contributed by atoms with Gasteiger partial charge in [0.1, 0.15) is 0 Å². The van der Waals surface area contributed by atoms with Gasteiger partial charge in [0.05, 0.1) is 4.92 Å². The molecule has 1 saturated carbocycles. The minimum atomic E-state index is -0.364. The van der Waals surface area contributed by atoms with E-state index in [1.807, 2.05) is 13.0 Å². The number of non-ortho nitro benzene ring substituents is 1. The summed E-state index contributed by atoms with van der Waals surface area (Å²) in [5, 5.41) is 13.9. The van der Waals surface area contributed by atoms with Crippen LogP contribution in [0.3, 0.4) is 0 Å². The molecule has 0 amide bonds. The summed E-state index contributed by atoms with van der Waals surface area (Å²) in [4.78, 5) is 10.4. The van der Waals surface area contributed by atoms with Gasteiger partial charge >= 0.3 is 0 Å². The van der Waals surface area contributed by atoms with Gasteiger partial charge in [-0.3, -0.25) is 10.1 Å². The van der Waals surface area contributed by atoms with Crippen molar-refractivity contribution in [1.82, 2.24) is 0 Å². The first-order valence-corrected chi connectivity index (χ1v) is 6.73. The van der Waals surface area contributed by atoms with Gasteiger partial charge in [-0.1, -0.05) is 0 Å². The van der Waals surface area contributed by atoms with Crippen LogP contribution in [0.15, 0.2) is 18.2 Å². The smallest absolute Gasteiger partial charge is 0.271 e. The fourth-order valence-electron chi connectivity index (χ4n) is 1.91. The van der Waals surface area contributed by atoms with Crippen molar-refractivity contribution in [3.05, 3.63) is 33.9 Å². The van der Waals surface area contributed by atoms with Gasteiger partial charge in [0.25, 0.3) is 5.69 Å². The van der Waals surface area contributed by atoms with Crippen LogP contribution in [-0.4, -0.2) is 24.7 Å². The maximum absolute atomic E-state index is 10.7. The second-order valence-electron chi connectivity index (χ2n) is 5.11. The molecule has 5 heteroatoms. The monoisotopic (exact) mass is 264 g/mol. The Morgan fingerprint density at radius 3 is 2.89 bits per heavy atom. The lowest BCUT2D eigenvalue weighted by molar-refractivity contribution is -0.384. The molecule has 0 aromatic heterocycles. The SMILES string of the molecule is Cc1cc(NCCCOCC2CC2)cc([N+](=O)[O-])c1. The molecule has 104 valence electrons. The minimum absolute atomic E-state index is 0.132. The third-order valence-electron chi connectivity index (χ3n) is 3.12. The third kappa shape index (κ3) is 4.87. The highest BCUT2D eigenvalue weighted by Crippen LogP contribution is 2.28. The lowest BCUT2D eigenvalue weighted by atomic mass is 10.2. The number of nitrogens with one attached hydrogen (secondary N) is 1. The van der Waals surface area contributed by atoms with Crippen LogP contribution >= 0.6 is 0 Å². The van der Waals surface area contributed by atoms with Crippen LogP contribution in [0.25, 0.3) is 0 Å². The van der Waals surface area contributed by atoms with Crippen LogP contribution in [0.1, 0.15) is 24.8 Å². The maximum Gasteiger partial charge on any atom is 0.271 e. The van der Waals surface area contributed by atoms with Crippen LogP contribution in [0.5, 0.6) is 0 Å². The van der Waals surface area contributed by atoms with E-state index in [4.69, 9.17) is 4.74 Å². The van der Waals surface area contributed by atoms with Crippen molar-refractivity contribution in [2.75, 3.05) is 25.1 Å². The Kier molecular flexibility index (Phi) is 4.74. The van der Waals surface area contributed by atoms with Crippen molar-refractivity contribution in [3.8, 4) is 0 Å². The number of hydrogen-bond acceptors (Lipinski definition) is 4. The number of anilines is 1. The van der Waals surface area contributed by atoms with Gasteiger partial charge in [0.2, 0.25) is 0 Å². The Labute approximate surface area is 113 Å². The largest absolute Gasteiger partial charge is 0.385 e. The molecule has 1 N–H and O–H groups in total. The fourth-order valence-corrected chi connectivity index (χ4v) is 1.91. The molecule has 0 radical (unpaired) electrons. The van der Waals surface area contributed by atoms with E-state index < -0.39 is 0 Å². The highest BCUT2D eigenvalue weighted by Gasteiger charge is 2.20. The zero-order chi connectivity index (χ0) is 13.7. The molecule has 1 fully saturated rings. The predicted molar refractivity (Wildman–Crippen MR) is 74.5 cm³/mol. The Morgan fingerprint density at radius 1 is 1.42 bits per heavy atom. The molecule has 5 nitrogen and oxygen atoms in total. The topological polar surface area (TPSA) is 64.4 Å². The molecule has 0 aliphatic heterocycles. The van der Waals surface area contributed by atoms with E-state index in [0.717, 1.165) is 43.3 Å². The first kappa shape index (κ1) is 13.8. The number of ether oxygens (including phenoxy) is 1. The molecular weight excluding hydrogens is 244 g/mol. The lowest BCUT2D eigenvalue weighted by Crippen LogP contribution is -2.07. The fraction of sp³-hybridized carbons (Fsp3) is 0.571. The molecule has 1 aromatic carbocycles. The molecule has 2 rings (SSSR count). The van der Waals surface area contributed by atoms with Gasteiger partial charge in [-0.05, 0) is 43.7 Å². The summed E-state index contributed by atoms with van der Waals surface area (Å²) in [7, 11) is 0. The van der Waals surface area contributed by atoms with Crippen molar-refractivity contribution in [2.45, 2.75) is 26.2 Å². The Hall–Kier alpha value is -1.62. The molecule has 0 bridgehead atoms. The summed E-state index contributed by atoms with van der Waals surface area (Å²) >= 11 is 0. The quantitative estimate of drug-likeness (QED) is 0.445. The summed E-state index contributed by atoms with van der Waals surface area (Å²) in [6, 6.07) is 5.06. The Morgan fingerprint density at radius 2 is 2.21 bits per heavy atom. The Bertz CT molecular complexity index is 444. The first-order chi connectivity index (χ1) is 9.15. The van der Waals surface area contributed by atoms with Gasteiger partial charge in [-0.15, -0.1) is 0 Å². The molecule has 0 saturated heterocycles. The van der Waals surface area contributed by atoms with E-state index >= 15 is 0 Å². The van der Waals surface area contributed by atoms with Gasteiger partial charge in [0.15, 0.2) is 0 Å². The average molecular weight is 264 g/mol. The van der Waals surface area contributed by atoms with Crippen molar-refractivity contribution in [1.29, 1.82) is 0 Å². The van der Waals surface area contributed by atoms with Crippen molar-refractivity contribution < 1.29 is 9.66 Å². The number of rotatable bonds is 8. The van der Waals surface area contributed by atoms with E-state index in [9.17, 15) is 10.1 Å². The Balaban J connectivity index is 1.70. The zero-order valence-electron chi connectivity index (χ0n) is 11.2. The molecule has 1 aliphatic rings. The first-order valence-electron chi connectivity index (χ1n) is 6.73. The molecule has 1 aliphatic carbocycles. The molecule has 1 aromatic rings. The van der Waals surface area contributed by atoms with E-state index in [1.54, 1.807) is 12.1 Å². The number of nitro groups is 1. The van der Waals surface area contributed by atoms with Gasteiger partial charge in [-0.2, -0.15) is 0 Å². The summed E-state index contributed by atoms with van der Waals surface area (Å²) < 4.78 is 5.53. The van der Waals surface area contributed by atoms with Crippen molar-refractivity contribution in [3.63, 3.8) is 0 Å². The number of nitrogens with zero attached hydrogens (tertiary/aromatic N) is 1. The summed E-state index contributed by atoms with van der Waals surface area (Å²) in [5.41, 5.74) is 1.82. The van der Waals surface area contributed by atoms with Crippen LogP contribution in [0, 0.1) is 23.0 Å². The average Bonchev–Trinajstić information content (AvgIpc) is 3.17. The molecule has 19 heavy (non-hydrogen) atoms. The summed E-state index contributed by atoms with van der Waals surface area (Å²) in [5.74, 6) is 0.799. The third-order valence-corrected chi connectivity index (χ3v) is 3.12. The van der Waals surface area contributed by atoms with Crippen molar-refractivity contribution >= 4 is 11.4 Å². The number of hydrogen-bond donors (Lipinski definition) is 1. The van der Waals surface area contributed by atoms with Crippen LogP contribution in [-0.2, 0) is 4.74 Å². The lowest BCUT2D eigenvalue weighted by Gasteiger charge is -2.08. The maximum atomic E-state index is 10.7. The summed E-state index contributed by atoms with van der Waals surface area (Å²) in [6.07, 6.45) is 3.53. The molecule has 0 unspecified atom stereocenters. The van der Waals surface area contributed by atoms with E-state index in [1.165, 1.54) is 12.8 Å².